The lowest BCUT2D eigenvalue weighted by atomic mass is 9.77. The number of hydrogen-bond acceptors (Lipinski definition) is 2. The molecule has 2 atom stereocenters. The Kier molecular flexibility index (Phi) is 6.95. The highest BCUT2D eigenvalue weighted by Gasteiger charge is 2.28. The van der Waals surface area contributed by atoms with Crippen LogP contribution in [-0.2, 0) is 6.42 Å². The van der Waals surface area contributed by atoms with Crippen molar-refractivity contribution in [1.29, 1.82) is 0 Å². The van der Waals surface area contributed by atoms with Crippen LogP contribution in [0.4, 0.5) is 0 Å². The normalized spacial score (nSPS) is 21.7. The number of benzene rings is 1. The molecular weight excluding hydrogens is 262 g/mol. The van der Waals surface area contributed by atoms with E-state index in [2.05, 4.69) is 55.2 Å². The van der Waals surface area contributed by atoms with Gasteiger partial charge in [-0.25, -0.2) is 0 Å². The topological polar surface area (TPSA) is 12.0 Å². The van der Waals surface area contributed by atoms with Crippen LogP contribution in [0.2, 0.25) is 0 Å². The van der Waals surface area contributed by atoms with Crippen LogP contribution < -0.4 is 5.32 Å². The maximum absolute atomic E-state index is 3.81. The first-order valence-corrected chi connectivity index (χ1v) is 9.41. The van der Waals surface area contributed by atoms with Gasteiger partial charge in [-0.15, -0.1) is 0 Å². The molecule has 1 aliphatic carbocycles. The standard InChI is InChI=1S/C18H29NS/c1-3-13-19-18-16(9-7-14-20-4-2)12-11-15-8-5-6-10-17(15)18/h5-6,8,10,16,18-19H,3-4,7,9,11-14H2,1-2H3. The molecule has 1 aromatic rings. The van der Waals surface area contributed by atoms with Gasteiger partial charge in [-0.1, -0.05) is 38.1 Å². The second-order valence-electron chi connectivity index (χ2n) is 5.77. The van der Waals surface area contributed by atoms with Crippen molar-refractivity contribution < 1.29 is 0 Å². The van der Waals surface area contributed by atoms with Crippen molar-refractivity contribution in [3.05, 3.63) is 35.4 Å². The average molecular weight is 292 g/mol. The molecule has 0 radical (unpaired) electrons. The van der Waals surface area contributed by atoms with Crippen molar-refractivity contribution in [3.8, 4) is 0 Å². The first-order valence-electron chi connectivity index (χ1n) is 8.25. The number of thioether (sulfide) groups is 1. The molecule has 112 valence electrons. The third-order valence-corrected chi connectivity index (χ3v) is 5.31. The lowest BCUT2D eigenvalue weighted by Crippen LogP contribution is -2.33. The molecule has 20 heavy (non-hydrogen) atoms. The molecule has 0 amide bonds. The summed E-state index contributed by atoms with van der Waals surface area (Å²) in [5, 5.41) is 3.81. The van der Waals surface area contributed by atoms with E-state index in [-0.39, 0.29) is 0 Å². The van der Waals surface area contributed by atoms with Gasteiger partial charge >= 0.3 is 0 Å². The molecule has 0 saturated carbocycles. The van der Waals surface area contributed by atoms with Gasteiger partial charge in [0.1, 0.15) is 0 Å². The monoisotopic (exact) mass is 291 g/mol. The summed E-state index contributed by atoms with van der Waals surface area (Å²) in [6, 6.07) is 9.64. The van der Waals surface area contributed by atoms with Crippen molar-refractivity contribution in [2.45, 2.75) is 52.0 Å². The molecule has 1 N–H and O–H groups in total. The van der Waals surface area contributed by atoms with Crippen LogP contribution in [0.15, 0.2) is 24.3 Å². The molecule has 2 rings (SSSR count). The van der Waals surface area contributed by atoms with Crippen LogP contribution in [0.1, 0.15) is 56.7 Å². The third kappa shape index (κ3) is 4.26. The Morgan fingerprint density at radius 2 is 2.10 bits per heavy atom. The molecule has 1 nitrogen and oxygen atoms in total. The predicted octanol–water partition coefficient (Wildman–Crippen LogP) is 4.82. The molecule has 1 aromatic carbocycles. The summed E-state index contributed by atoms with van der Waals surface area (Å²) >= 11 is 2.08. The lowest BCUT2D eigenvalue weighted by molar-refractivity contribution is 0.302. The summed E-state index contributed by atoms with van der Waals surface area (Å²) in [4.78, 5) is 0. The van der Waals surface area contributed by atoms with Crippen LogP contribution in [0.5, 0.6) is 0 Å². The summed E-state index contributed by atoms with van der Waals surface area (Å²) in [6.45, 7) is 5.65. The van der Waals surface area contributed by atoms with Crippen LogP contribution in [0.25, 0.3) is 0 Å². The zero-order valence-corrected chi connectivity index (χ0v) is 13.8. The van der Waals surface area contributed by atoms with Gasteiger partial charge in [0.2, 0.25) is 0 Å². The van der Waals surface area contributed by atoms with Gasteiger partial charge in [0, 0.05) is 6.04 Å². The van der Waals surface area contributed by atoms with Crippen LogP contribution in [0.3, 0.4) is 0 Å². The van der Waals surface area contributed by atoms with Crippen molar-refractivity contribution in [1.82, 2.24) is 5.32 Å². The molecule has 2 unspecified atom stereocenters. The number of fused-ring (bicyclic) bond motifs is 1. The van der Waals surface area contributed by atoms with E-state index in [0.717, 1.165) is 12.5 Å². The average Bonchev–Trinajstić information content (AvgIpc) is 2.50. The van der Waals surface area contributed by atoms with Gasteiger partial charge in [0.15, 0.2) is 0 Å². The highest BCUT2D eigenvalue weighted by Crippen LogP contribution is 2.37. The van der Waals surface area contributed by atoms with E-state index < -0.39 is 0 Å². The minimum absolute atomic E-state index is 0.589. The molecule has 0 bridgehead atoms. The molecule has 0 aliphatic heterocycles. The molecule has 2 heteroatoms. The summed E-state index contributed by atoms with van der Waals surface area (Å²) in [5.41, 5.74) is 3.14. The Morgan fingerprint density at radius 3 is 2.90 bits per heavy atom. The van der Waals surface area contributed by atoms with E-state index in [1.54, 1.807) is 11.1 Å². The van der Waals surface area contributed by atoms with E-state index in [0.29, 0.717) is 6.04 Å². The van der Waals surface area contributed by atoms with E-state index in [4.69, 9.17) is 0 Å². The van der Waals surface area contributed by atoms with E-state index in [1.807, 2.05) is 0 Å². The highest BCUT2D eigenvalue weighted by molar-refractivity contribution is 7.99. The Hall–Kier alpha value is -0.470. The maximum Gasteiger partial charge on any atom is 0.0351 e. The van der Waals surface area contributed by atoms with Gasteiger partial charge in [-0.05, 0) is 67.2 Å². The van der Waals surface area contributed by atoms with Gasteiger partial charge in [0.05, 0.1) is 0 Å². The molecule has 0 saturated heterocycles. The minimum Gasteiger partial charge on any atom is -0.310 e. The second-order valence-corrected chi connectivity index (χ2v) is 7.16. The van der Waals surface area contributed by atoms with Crippen LogP contribution in [0, 0.1) is 5.92 Å². The Bertz CT molecular complexity index is 391. The highest BCUT2D eigenvalue weighted by atomic mass is 32.2. The second kappa shape index (κ2) is 8.74. The molecule has 0 aromatic heterocycles. The Morgan fingerprint density at radius 1 is 1.25 bits per heavy atom. The predicted molar refractivity (Wildman–Crippen MR) is 91.5 cm³/mol. The van der Waals surface area contributed by atoms with Crippen LogP contribution >= 0.6 is 11.8 Å². The number of aryl methyl sites for hydroxylation is 1. The summed E-state index contributed by atoms with van der Waals surface area (Å²) in [5.74, 6) is 3.41. The van der Waals surface area contributed by atoms with Crippen molar-refractivity contribution >= 4 is 11.8 Å². The Balaban J connectivity index is 2.00. The van der Waals surface area contributed by atoms with E-state index in [1.165, 1.54) is 43.6 Å². The third-order valence-electron chi connectivity index (χ3n) is 4.33. The smallest absolute Gasteiger partial charge is 0.0351 e. The summed E-state index contributed by atoms with van der Waals surface area (Å²) in [7, 11) is 0. The van der Waals surface area contributed by atoms with Gasteiger partial charge < -0.3 is 5.32 Å². The molecule has 0 heterocycles. The van der Waals surface area contributed by atoms with Crippen molar-refractivity contribution in [3.63, 3.8) is 0 Å². The molecule has 0 fully saturated rings. The van der Waals surface area contributed by atoms with Crippen LogP contribution in [-0.4, -0.2) is 18.1 Å². The molecular formula is C18H29NS. The van der Waals surface area contributed by atoms with Crippen molar-refractivity contribution in [2.75, 3.05) is 18.1 Å². The maximum atomic E-state index is 3.81. The largest absolute Gasteiger partial charge is 0.310 e. The first kappa shape index (κ1) is 15.9. The fourth-order valence-corrected chi connectivity index (χ4v) is 3.97. The summed E-state index contributed by atoms with van der Waals surface area (Å²) in [6.07, 6.45) is 6.59. The van der Waals surface area contributed by atoms with E-state index in [9.17, 15) is 0 Å². The summed E-state index contributed by atoms with van der Waals surface area (Å²) < 4.78 is 0. The first-order chi connectivity index (χ1) is 9.86. The zero-order valence-electron chi connectivity index (χ0n) is 13.0. The SMILES string of the molecule is CCCNC1c2ccccc2CCC1CCCSCC. The minimum atomic E-state index is 0.589. The molecule has 1 aliphatic rings. The fraction of sp³-hybridized carbons (Fsp3) is 0.667. The van der Waals surface area contributed by atoms with Crippen molar-refractivity contribution in [2.24, 2.45) is 5.92 Å². The Labute approximate surface area is 128 Å². The zero-order chi connectivity index (χ0) is 14.2. The van der Waals surface area contributed by atoms with Gasteiger partial charge in [-0.3, -0.25) is 0 Å². The van der Waals surface area contributed by atoms with E-state index >= 15 is 0 Å². The molecule has 0 spiro atoms. The van der Waals surface area contributed by atoms with Gasteiger partial charge in [-0.2, -0.15) is 11.8 Å². The quantitative estimate of drug-likeness (QED) is 0.689. The fourth-order valence-electron chi connectivity index (χ4n) is 3.31. The number of nitrogens with one attached hydrogen (secondary N) is 1. The van der Waals surface area contributed by atoms with Gasteiger partial charge in [0.25, 0.3) is 0 Å². The number of rotatable bonds is 8. The lowest BCUT2D eigenvalue weighted by Gasteiger charge is -2.34. The number of hydrogen-bond donors (Lipinski definition) is 1.